The summed E-state index contributed by atoms with van der Waals surface area (Å²) < 4.78 is 18.4. The van der Waals surface area contributed by atoms with E-state index in [1.54, 1.807) is 11.8 Å². The lowest BCUT2D eigenvalue weighted by Crippen LogP contribution is -2.46. The fraction of sp³-hybridized carbons (Fsp3) is 0.650. The number of hydrogen-bond acceptors (Lipinski definition) is 4. The highest BCUT2D eigenvalue weighted by molar-refractivity contribution is 14.0. The van der Waals surface area contributed by atoms with Gasteiger partial charge in [0.2, 0.25) is 0 Å². The predicted molar refractivity (Wildman–Crippen MR) is 126 cm³/mol. The standard InChI is InChI=1S/C20H31FN4OS.HI/c1-2-22-20(23-9-3-15-27-19-6-4-17(21)5-7-19)25-10-8-18(16-25)24-11-13-26-14-12-24;/h4-7,18H,2-3,8-16H2,1H3,(H,22,23);1H. The molecule has 1 aromatic rings. The number of benzene rings is 1. The monoisotopic (exact) mass is 522 g/mol. The van der Waals surface area contributed by atoms with Crippen LogP contribution in [0.4, 0.5) is 4.39 Å². The van der Waals surface area contributed by atoms with Crippen molar-refractivity contribution in [2.24, 2.45) is 4.99 Å². The van der Waals surface area contributed by atoms with Crippen molar-refractivity contribution < 1.29 is 9.13 Å². The van der Waals surface area contributed by atoms with Crippen molar-refractivity contribution in [2.45, 2.75) is 30.7 Å². The van der Waals surface area contributed by atoms with Gasteiger partial charge in [0.1, 0.15) is 5.82 Å². The van der Waals surface area contributed by atoms with Crippen LogP contribution in [0.2, 0.25) is 0 Å². The van der Waals surface area contributed by atoms with Gasteiger partial charge in [0.15, 0.2) is 5.96 Å². The van der Waals surface area contributed by atoms with Crippen molar-refractivity contribution in [1.29, 1.82) is 0 Å². The molecule has 1 N–H and O–H groups in total. The first kappa shape index (κ1) is 23.7. The minimum absolute atomic E-state index is 0. The zero-order valence-electron chi connectivity index (χ0n) is 16.6. The van der Waals surface area contributed by atoms with Gasteiger partial charge in [-0.25, -0.2) is 4.39 Å². The van der Waals surface area contributed by atoms with E-state index in [1.807, 2.05) is 12.1 Å². The van der Waals surface area contributed by atoms with Crippen LogP contribution in [0.25, 0.3) is 0 Å². The maximum atomic E-state index is 12.9. The summed E-state index contributed by atoms with van der Waals surface area (Å²) in [7, 11) is 0. The lowest BCUT2D eigenvalue weighted by Gasteiger charge is -2.32. The number of guanidine groups is 1. The molecule has 1 atom stereocenters. The minimum atomic E-state index is -0.180. The molecule has 8 heteroatoms. The highest BCUT2D eigenvalue weighted by Crippen LogP contribution is 2.19. The van der Waals surface area contributed by atoms with E-state index < -0.39 is 0 Å². The molecule has 0 aliphatic carbocycles. The lowest BCUT2D eigenvalue weighted by atomic mass is 10.2. The predicted octanol–water partition coefficient (Wildman–Crippen LogP) is 3.30. The smallest absolute Gasteiger partial charge is 0.193 e. The van der Waals surface area contributed by atoms with Crippen molar-refractivity contribution >= 4 is 41.7 Å². The second-order valence-corrected chi connectivity index (χ2v) is 8.10. The Balaban J connectivity index is 0.00000280. The maximum Gasteiger partial charge on any atom is 0.193 e. The Morgan fingerprint density at radius 1 is 1.25 bits per heavy atom. The van der Waals surface area contributed by atoms with Crippen molar-refractivity contribution in [3.8, 4) is 0 Å². The molecule has 28 heavy (non-hydrogen) atoms. The normalized spacial score (nSPS) is 20.9. The summed E-state index contributed by atoms with van der Waals surface area (Å²) in [5, 5.41) is 3.45. The number of likely N-dealkylation sites (tertiary alicyclic amines) is 1. The summed E-state index contributed by atoms with van der Waals surface area (Å²) in [6.45, 7) is 9.76. The average Bonchev–Trinajstić information content (AvgIpc) is 3.19. The van der Waals surface area contributed by atoms with Crippen LogP contribution in [0.3, 0.4) is 0 Å². The zero-order chi connectivity index (χ0) is 18.9. The minimum Gasteiger partial charge on any atom is -0.379 e. The van der Waals surface area contributed by atoms with E-state index in [4.69, 9.17) is 9.73 Å². The first-order valence-corrected chi connectivity index (χ1v) is 11.0. The van der Waals surface area contributed by atoms with Gasteiger partial charge >= 0.3 is 0 Å². The third kappa shape index (κ3) is 7.35. The third-order valence-electron chi connectivity index (χ3n) is 5.01. The molecule has 0 spiro atoms. The molecule has 2 saturated heterocycles. The number of nitrogens with one attached hydrogen (secondary N) is 1. The Kier molecular flexibility index (Phi) is 10.9. The molecular weight excluding hydrogens is 490 g/mol. The molecule has 5 nitrogen and oxygen atoms in total. The van der Waals surface area contributed by atoms with Gasteiger partial charge in [-0.2, -0.15) is 0 Å². The second-order valence-electron chi connectivity index (χ2n) is 6.93. The van der Waals surface area contributed by atoms with E-state index in [9.17, 15) is 4.39 Å². The van der Waals surface area contributed by atoms with Crippen LogP contribution in [0.1, 0.15) is 19.8 Å². The second kappa shape index (κ2) is 12.9. The molecule has 0 bridgehead atoms. The van der Waals surface area contributed by atoms with Crippen LogP contribution in [0, 0.1) is 5.82 Å². The summed E-state index contributed by atoms with van der Waals surface area (Å²) in [5.74, 6) is 1.85. The van der Waals surface area contributed by atoms with Gasteiger partial charge in [0.25, 0.3) is 0 Å². The van der Waals surface area contributed by atoms with E-state index in [0.717, 1.165) is 75.5 Å². The molecule has 1 aromatic carbocycles. The summed E-state index contributed by atoms with van der Waals surface area (Å²) in [4.78, 5) is 10.9. The van der Waals surface area contributed by atoms with Crippen molar-refractivity contribution in [1.82, 2.24) is 15.1 Å². The molecule has 1 unspecified atom stereocenters. The Hall–Kier alpha value is -0.580. The molecule has 2 aliphatic rings. The van der Waals surface area contributed by atoms with E-state index in [0.29, 0.717) is 6.04 Å². The first-order chi connectivity index (χ1) is 13.3. The number of ether oxygens (including phenoxy) is 1. The Morgan fingerprint density at radius 3 is 2.71 bits per heavy atom. The average molecular weight is 522 g/mol. The number of morpholine rings is 1. The van der Waals surface area contributed by atoms with Crippen LogP contribution in [-0.2, 0) is 4.74 Å². The zero-order valence-corrected chi connectivity index (χ0v) is 19.8. The summed E-state index contributed by atoms with van der Waals surface area (Å²) >= 11 is 1.76. The van der Waals surface area contributed by atoms with E-state index >= 15 is 0 Å². The van der Waals surface area contributed by atoms with Gasteiger partial charge in [0.05, 0.1) is 13.2 Å². The maximum absolute atomic E-state index is 12.9. The van der Waals surface area contributed by atoms with Crippen LogP contribution in [0.15, 0.2) is 34.2 Å². The summed E-state index contributed by atoms with van der Waals surface area (Å²) in [5.41, 5.74) is 0. The molecule has 2 fully saturated rings. The number of hydrogen-bond donors (Lipinski definition) is 1. The van der Waals surface area contributed by atoms with Gasteiger partial charge in [-0.3, -0.25) is 9.89 Å². The largest absolute Gasteiger partial charge is 0.379 e. The summed E-state index contributed by atoms with van der Waals surface area (Å²) in [6, 6.07) is 7.32. The molecule has 2 heterocycles. The van der Waals surface area contributed by atoms with Crippen molar-refractivity contribution in [2.75, 3.05) is 58.2 Å². The third-order valence-corrected chi connectivity index (χ3v) is 6.10. The quantitative estimate of drug-likeness (QED) is 0.196. The topological polar surface area (TPSA) is 40.1 Å². The Labute approximate surface area is 189 Å². The van der Waals surface area contributed by atoms with Gasteiger partial charge in [-0.15, -0.1) is 35.7 Å². The highest BCUT2D eigenvalue weighted by atomic mass is 127. The number of halogens is 2. The molecule has 3 rings (SSSR count). The van der Waals surface area contributed by atoms with Gasteiger partial charge in [-0.1, -0.05) is 0 Å². The SMILES string of the molecule is CCNC(=NCCCSc1ccc(F)cc1)N1CCC(N2CCOCC2)C1.I. The molecular formula is C20H32FIN4OS. The number of nitrogens with zero attached hydrogens (tertiary/aromatic N) is 3. The molecule has 0 aromatic heterocycles. The fourth-order valence-electron chi connectivity index (χ4n) is 3.57. The van der Waals surface area contributed by atoms with Crippen LogP contribution >= 0.6 is 35.7 Å². The molecule has 0 saturated carbocycles. The molecule has 158 valence electrons. The molecule has 0 radical (unpaired) electrons. The number of thioether (sulfide) groups is 1. The molecule has 2 aliphatic heterocycles. The fourth-order valence-corrected chi connectivity index (χ4v) is 4.41. The first-order valence-electron chi connectivity index (χ1n) is 9.99. The Morgan fingerprint density at radius 2 is 2.00 bits per heavy atom. The van der Waals surface area contributed by atoms with Crippen LogP contribution in [-0.4, -0.2) is 80.0 Å². The van der Waals surface area contributed by atoms with E-state index in [-0.39, 0.29) is 29.8 Å². The number of aliphatic imine (C=N–C) groups is 1. The number of rotatable bonds is 7. The highest BCUT2D eigenvalue weighted by Gasteiger charge is 2.30. The molecule has 0 amide bonds. The van der Waals surface area contributed by atoms with E-state index in [2.05, 4.69) is 22.0 Å². The van der Waals surface area contributed by atoms with Crippen LogP contribution < -0.4 is 5.32 Å². The van der Waals surface area contributed by atoms with Gasteiger partial charge in [-0.05, 0) is 49.8 Å². The van der Waals surface area contributed by atoms with Crippen LogP contribution in [0.5, 0.6) is 0 Å². The van der Waals surface area contributed by atoms with Crippen molar-refractivity contribution in [3.05, 3.63) is 30.1 Å². The van der Waals surface area contributed by atoms with E-state index in [1.165, 1.54) is 18.6 Å². The van der Waals surface area contributed by atoms with Crippen molar-refractivity contribution in [3.63, 3.8) is 0 Å². The van der Waals surface area contributed by atoms with Gasteiger partial charge in [0, 0.05) is 50.2 Å². The Bertz CT molecular complexity index is 598. The van der Waals surface area contributed by atoms with Gasteiger partial charge < -0.3 is 15.0 Å². The summed E-state index contributed by atoms with van der Waals surface area (Å²) in [6.07, 6.45) is 2.21. The lowest BCUT2D eigenvalue weighted by molar-refractivity contribution is 0.0195.